The number of aliphatic carboxylic acids is 1. The van der Waals surface area contributed by atoms with E-state index in [1.807, 2.05) is 30.0 Å². The summed E-state index contributed by atoms with van der Waals surface area (Å²) in [6, 6.07) is 11.3. The van der Waals surface area contributed by atoms with Crippen LogP contribution in [0.3, 0.4) is 0 Å². The number of pyridine rings is 1. The zero-order valence-electron chi connectivity index (χ0n) is 51.2. The molecule has 2 aromatic rings. The van der Waals surface area contributed by atoms with Crippen molar-refractivity contribution in [2.24, 2.45) is 11.8 Å². The number of fused-ring (bicyclic) bond motifs is 1. The van der Waals surface area contributed by atoms with Crippen molar-refractivity contribution in [1.29, 1.82) is 0 Å². The van der Waals surface area contributed by atoms with E-state index in [1.54, 1.807) is 19.2 Å². The highest BCUT2D eigenvalue weighted by atomic mass is 31.2. The summed E-state index contributed by atoms with van der Waals surface area (Å²) in [4.78, 5) is 98.1. The van der Waals surface area contributed by atoms with Gasteiger partial charge in [0.05, 0.1) is 46.0 Å². The number of amides is 4. The Morgan fingerprint density at radius 2 is 1.59 bits per heavy atom. The van der Waals surface area contributed by atoms with E-state index in [-0.39, 0.29) is 90.0 Å². The van der Waals surface area contributed by atoms with Crippen LogP contribution >= 0.6 is 8.60 Å². The number of piperidine rings is 1. The molecule has 1 aromatic carbocycles. The number of carboxylic acids is 1. The minimum absolute atomic E-state index is 0.00891. The van der Waals surface area contributed by atoms with E-state index < -0.39 is 44.2 Å². The number of aromatic nitrogens is 1. The quantitative estimate of drug-likeness (QED) is 0.0190. The number of nitrogens with one attached hydrogen (secondary N) is 5. The Kier molecular flexibility index (Phi) is 43.6. The number of carboxylic acid groups (broad SMARTS) is 2. The molecule has 2 aliphatic rings. The fourth-order valence-electron chi connectivity index (χ4n) is 8.48. The molecule has 4 amide bonds. The zero-order chi connectivity index (χ0) is 64.0. The van der Waals surface area contributed by atoms with Gasteiger partial charge in [0.25, 0.3) is 6.47 Å². The average Bonchev–Trinajstić information content (AvgIpc) is 2.89. The molecule has 5 atom stereocenters. The predicted octanol–water partition coefficient (Wildman–Crippen LogP) is 4.61. The van der Waals surface area contributed by atoms with E-state index in [0.717, 1.165) is 82.0 Å². The summed E-state index contributed by atoms with van der Waals surface area (Å²) in [5.74, 6) is -0.314. The first kappa shape index (κ1) is 78.0. The molecule has 5 unspecified atom stereocenters. The Morgan fingerprint density at radius 1 is 0.895 bits per heavy atom. The number of aryl methyl sites for hydroxylation is 2. The van der Waals surface area contributed by atoms with Crippen LogP contribution in [0.25, 0.3) is 0 Å². The third kappa shape index (κ3) is 36.2. The number of rotatable bonds is 40. The van der Waals surface area contributed by atoms with Crippen LogP contribution in [0.2, 0.25) is 0 Å². The van der Waals surface area contributed by atoms with Gasteiger partial charge in [-0.05, 0) is 112 Å². The van der Waals surface area contributed by atoms with Gasteiger partial charge >= 0.3 is 20.7 Å². The molecule has 27 nitrogen and oxygen atoms in total. The molecule has 86 heavy (non-hydrogen) atoms. The number of likely N-dealkylation sites (N-methyl/N-ethyl adjacent to an activating group) is 1. The van der Waals surface area contributed by atoms with Gasteiger partial charge in [-0.15, -0.1) is 0 Å². The van der Waals surface area contributed by atoms with E-state index >= 15 is 0 Å². The lowest BCUT2D eigenvalue weighted by Gasteiger charge is -2.33. The zero-order valence-corrected chi connectivity index (χ0v) is 52.1. The second-order valence-corrected chi connectivity index (χ2v) is 21.6. The maximum absolute atomic E-state index is 13.0. The molecule has 9 N–H and O–H groups in total. The van der Waals surface area contributed by atoms with E-state index in [0.29, 0.717) is 69.6 Å². The van der Waals surface area contributed by atoms with Gasteiger partial charge in [0.2, 0.25) is 23.6 Å². The first-order valence-electron chi connectivity index (χ1n) is 29.1. The summed E-state index contributed by atoms with van der Waals surface area (Å²) in [6.45, 7) is 11.4. The van der Waals surface area contributed by atoms with Gasteiger partial charge in [0.1, 0.15) is 31.2 Å². The number of ether oxygens (including phenoxy) is 5. The van der Waals surface area contributed by atoms with Crippen molar-refractivity contribution >= 4 is 68.6 Å². The molecule has 0 radical (unpaired) electrons. The Bertz CT molecular complexity index is 2230. The van der Waals surface area contributed by atoms with Gasteiger partial charge in [-0.1, -0.05) is 51.8 Å². The van der Waals surface area contributed by atoms with E-state index in [1.165, 1.54) is 19.1 Å². The smallest absolute Gasteiger partial charge is 0.481 e. The van der Waals surface area contributed by atoms with E-state index in [2.05, 4.69) is 62.9 Å². The molecule has 1 saturated heterocycles. The van der Waals surface area contributed by atoms with Gasteiger partial charge in [0, 0.05) is 71.4 Å². The van der Waals surface area contributed by atoms with Crippen LogP contribution in [0.1, 0.15) is 115 Å². The highest BCUT2D eigenvalue weighted by Gasteiger charge is 2.28. The number of aldehydes is 1. The van der Waals surface area contributed by atoms with Gasteiger partial charge in [-0.3, -0.25) is 28.8 Å². The summed E-state index contributed by atoms with van der Waals surface area (Å²) in [5, 5.41) is 47.4. The molecule has 488 valence electrons. The molecule has 0 aliphatic carbocycles. The number of hydrogen-bond acceptors (Lipinski definition) is 21. The first-order chi connectivity index (χ1) is 41.4. The predicted molar refractivity (Wildman–Crippen MR) is 320 cm³/mol. The molecule has 0 spiro atoms. The molecule has 3 heterocycles. The largest absolute Gasteiger partial charge is 0.505 e. The molecule has 2 aliphatic heterocycles. The van der Waals surface area contributed by atoms with E-state index in [9.17, 15) is 43.5 Å². The first-order valence-corrected chi connectivity index (χ1v) is 30.2. The van der Waals surface area contributed by atoms with Crippen LogP contribution in [-0.4, -0.2) is 211 Å². The molecule has 4 rings (SSSR count). The summed E-state index contributed by atoms with van der Waals surface area (Å²) < 4.78 is 40.4. The second kappa shape index (κ2) is 48.1. The fourth-order valence-corrected chi connectivity index (χ4v) is 9.29. The lowest BCUT2D eigenvalue weighted by Crippen LogP contribution is -2.39. The van der Waals surface area contributed by atoms with Gasteiger partial charge in [0.15, 0.2) is 12.4 Å². The van der Waals surface area contributed by atoms with Crippen LogP contribution < -0.4 is 26.6 Å². The standard InChI is InChI=1S/C36H50N6O9.C12H24O2.C9H18NO8P.CH4O/c43-17-14-37-31(44)22-39-32(45)23-50-18-19-51-24-33(46)40-29-6-3-26(4-7-29)28(21-35(48)49)20-25-11-15-42(16-12-25)34(47)10-9-30-8-5-27-2-1-13-38-36(27)41-30;1-5-8-12(4,10-13)14-9-7-11(3)6-2;1-10-3-4-17-19(14-2)18-6-8(16-7-11)5-15-9(12)13;1-2/h3-8,25,28,43H,1-2,9-24H2,(H,37,44)(H,38,41)(H,39,45)(H,40,46)(H,48,49);10-11H,5-9H2,1-4H3;7-8,10H,3-6H2,1-2H3,(H,12,13);2H,1H3. The Labute approximate surface area is 507 Å². The Hall–Kier alpha value is -6.00. The van der Waals surface area contributed by atoms with Crippen molar-refractivity contribution in [2.75, 3.05) is 131 Å². The topological polar surface area (TPSA) is 368 Å². The van der Waals surface area contributed by atoms with Gasteiger partial charge in [-0.25, -0.2) is 9.78 Å². The highest BCUT2D eigenvalue weighted by Crippen LogP contribution is 2.38. The Morgan fingerprint density at radius 3 is 2.20 bits per heavy atom. The number of likely N-dealkylation sites (tertiary alicyclic amines) is 1. The number of hydrogen-bond donors (Lipinski definition) is 9. The van der Waals surface area contributed by atoms with Crippen LogP contribution in [0, 0.1) is 11.8 Å². The minimum atomic E-state index is -1.58. The summed E-state index contributed by atoms with van der Waals surface area (Å²) in [7, 11) is 2.61. The average molecular weight is 1240 g/mol. The summed E-state index contributed by atoms with van der Waals surface area (Å²) in [5.41, 5.74) is 3.02. The lowest BCUT2D eigenvalue weighted by atomic mass is 9.82. The lowest BCUT2D eigenvalue weighted by molar-refractivity contribution is -0.138. The normalized spacial score (nSPS) is 14.7. The third-order valence-corrected chi connectivity index (χ3v) is 14.4. The van der Waals surface area contributed by atoms with Crippen molar-refractivity contribution in [3.05, 3.63) is 53.2 Å². The molecular formula is C58H96N7O20P. The molecule has 0 bridgehead atoms. The fraction of sp³-hybridized carbons (Fsp3) is 0.672. The molecule has 1 fully saturated rings. The molecule has 28 heteroatoms. The van der Waals surface area contributed by atoms with Gasteiger partial charge < -0.3 is 94.0 Å². The number of nitrogens with zero attached hydrogens (tertiary/aromatic N) is 2. The van der Waals surface area contributed by atoms with E-state index in [4.69, 9.17) is 48.1 Å². The number of aliphatic hydroxyl groups excluding tert-OH is 2. The van der Waals surface area contributed by atoms with Gasteiger partial charge in [-0.2, -0.15) is 0 Å². The number of carbonyl (C=O) groups excluding carboxylic acids is 6. The van der Waals surface area contributed by atoms with Crippen LogP contribution in [0.5, 0.6) is 0 Å². The van der Waals surface area contributed by atoms with Crippen molar-refractivity contribution in [1.82, 2.24) is 25.8 Å². The maximum Gasteiger partial charge on any atom is 0.505 e. The Balaban J connectivity index is 0.000000862. The summed E-state index contributed by atoms with van der Waals surface area (Å²) >= 11 is 0. The maximum atomic E-state index is 13.0. The van der Waals surface area contributed by atoms with Crippen LogP contribution in [-0.2, 0) is 83.7 Å². The van der Waals surface area contributed by atoms with Crippen molar-refractivity contribution in [3.63, 3.8) is 0 Å². The monoisotopic (exact) mass is 1240 g/mol. The van der Waals surface area contributed by atoms with Crippen LogP contribution in [0.4, 0.5) is 16.3 Å². The number of anilines is 2. The summed E-state index contributed by atoms with van der Waals surface area (Å²) in [6.07, 6.45) is 8.14. The van der Waals surface area contributed by atoms with Crippen LogP contribution in [0.15, 0.2) is 36.4 Å². The SMILES string of the molecule is CCCC(C)(C=O)OCCC(C)CC.CNCCOP(OC)OCC(COC(=O)O)OC=O.CO.O=C(O)CC(CC1CCN(C(=O)CCc2ccc3c(n2)NCCC3)CC1)c1ccc(NC(=O)COCCOCC(=O)NCC(=O)NCCO)cc1. The number of carbonyl (C=O) groups is 8. The minimum Gasteiger partial charge on any atom is -0.481 e. The van der Waals surface area contributed by atoms with Crippen molar-refractivity contribution in [3.8, 4) is 0 Å². The van der Waals surface area contributed by atoms with Crippen molar-refractivity contribution in [2.45, 2.75) is 122 Å². The number of benzene rings is 1. The molecule has 0 saturated carbocycles. The number of aliphatic hydroxyl groups is 2. The molecular weight excluding hydrogens is 1150 g/mol. The second-order valence-electron chi connectivity index (χ2n) is 20.2. The van der Waals surface area contributed by atoms with Crippen molar-refractivity contribution < 1.29 is 96.0 Å². The highest BCUT2D eigenvalue weighted by molar-refractivity contribution is 7.41. The third-order valence-electron chi connectivity index (χ3n) is 13.4. The molecule has 1 aromatic heterocycles.